The van der Waals surface area contributed by atoms with Crippen LogP contribution in [0.5, 0.6) is 0 Å². The summed E-state index contributed by atoms with van der Waals surface area (Å²) in [6, 6.07) is 2.32. The largest absolute Gasteiger partial charge is 0.339 e. The molecule has 96 valence electrons. The van der Waals surface area contributed by atoms with Gasteiger partial charge >= 0.3 is 0 Å². The van der Waals surface area contributed by atoms with Crippen LogP contribution in [0.2, 0.25) is 0 Å². The SMILES string of the molecule is CC(C)c1nc(C(N)c2ccc(F)cc2F)no1. The van der Waals surface area contributed by atoms with Gasteiger partial charge in [-0.2, -0.15) is 4.98 Å². The van der Waals surface area contributed by atoms with E-state index in [1.54, 1.807) is 0 Å². The zero-order valence-corrected chi connectivity index (χ0v) is 10.0. The van der Waals surface area contributed by atoms with Crippen molar-refractivity contribution in [2.24, 2.45) is 5.73 Å². The van der Waals surface area contributed by atoms with E-state index in [2.05, 4.69) is 10.1 Å². The molecule has 0 aliphatic rings. The van der Waals surface area contributed by atoms with Gasteiger partial charge in [0.2, 0.25) is 5.89 Å². The van der Waals surface area contributed by atoms with Crippen molar-refractivity contribution in [3.8, 4) is 0 Å². The minimum atomic E-state index is -0.873. The van der Waals surface area contributed by atoms with Gasteiger partial charge < -0.3 is 10.3 Å². The summed E-state index contributed by atoms with van der Waals surface area (Å²) in [5.41, 5.74) is 5.97. The highest BCUT2D eigenvalue weighted by molar-refractivity contribution is 5.26. The van der Waals surface area contributed by atoms with Gasteiger partial charge in [0.1, 0.15) is 11.6 Å². The lowest BCUT2D eigenvalue weighted by Crippen LogP contribution is -2.15. The molecule has 1 unspecified atom stereocenters. The molecule has 0 saturated carbocycles. The average Bonchev–Trinajstić information content (AvgIpc) is 2.77. The van der Waals surface area contributed by atoms with Crippen molar-refractivity contribution in [2.75, 3.05) is 0 Å². The van der Waals surface area contributed by atoms with E-state index >= 15 is 0 Å². The monoisotopic (exact) mass is 253 g/mol. The molecule has 0 saturated heterocycles. The van der Waals surface area contributed by atoms with E-state index in [9.17, 15) is 8.78 Å². The maximum absolute atomic E-state index is 13.5. The third kappa shape index (κ3) is 2.38. The molecule has 0 fully saturated rings. The van der Waals surface area contributed by atoms with Crippen LogP contribution in [0.1, 0.15) is 43.1 Å². The van der Waals surface area contributed by atoms with E-state index in [0.29, 0.717) is 5.89 Å². The van der Waals surface area contributed by atoms with Crippen LogP contribution in [0.3, 0.4) is 0 Å². The van der Waals surface area contributed by atoms with Gasteiger partial charge in [0.25, 0.3) is 0 Å². The predicted octanol–water partition coefficient (Wildman–Crippen LogP) is 2.52. The zero-order chi connectivity index (χ0) is 13.3. The number of aromatic nitrogens is 2. The highest BCUT2D eigenvalue weighted by Crippen LogP contribution is 2.22. The molecule has 2 N–H and O–H groups in total. The Morgan fingerprint density at radius 2 is 2.00 bits per heavy atom. The minimum absolute atomic E-state index is 0.0662. The van der Waals surface area contributed by atoms with Crippen LogP contribution < -0.4 is 5.73 Å². The fourth-order valence-corrected chi connectivity index (χ4v) is 1.50. The topological polar surface area (TPSA) is 64.9 Å². The molecule has 0 aliphatic carbocycles. The molecule has 2 rings (SSSR count). The second-order valence-electron chi connectivity index (χ2n) is 4.29. The van der Waals surface area contributed by atoms with Gasteiger partial charge in [-0.1, -0.05) is 25.1 Å². The van der Waals surface area contributed by atoms with E-state index in [-0.39, 0.29) is 17.3 Å². The number of rotatable bonds is 3. The molecular formula is C12H13F2N3O. The number of nitrogens with zero attached hydrogens (tertiary/aromatic N) is 2. The van der Waals surface area contributed by atoms with Crippen molar-refractivity contribution in [1.82, 2.24) is 10.1 Å². The number of benzene rings is 1. The molecule has 0 bridgehead atoms. The molecule has 1 heterocycles. The zero-order valence-electron chi connectivity index (χ0n) is 10.0. The molecule has 1 aromatic carbocycles. The average molecular weight is 253 g/mol. The molecule has 0 amide bonds. The second kappa shape index (κ2) is 4.81. The summed E-state index contributed by atoms with van der Waals surface area (Å²) >= 11 is 0. The van der Waals surface area contributed by atoms with Crippen molar-refractivity contribution in [3.05, 3.63) is 47.1 Å². The molecule has 6 heteroatoms. The maximum Gasteiger partial charge on any atom is 0.229 e. The summed E-state index contributed by atoms with van der Waals surface area (Å²) in [6.45, 7) is 3.78. The van der Waals surface area contributed by atoms with Crippen molar-refractivity contribution in [3.63, 3.8) is 0 Å². The van der Waals surface area contributed by atoms with Crippen LogP contribution in [0.4, 0.5) is 8.78 Å². The summed E-state index contributed by atoms with van der Waals surface area (Å²) in [5.74, 6) is -0.693. The first-order valence-electron chi connectivity index (χ1n) is 5.53. The van der Waals surface area contributed by atoms with E-state index in [1.807, 2.05) is 13.8 Å². The Labute approximate surface area is 103 Å². The molecule has 2 aromatic rings. The fraction of sp³-hybridized carbons (Fsp3) is 0.333. The van der Waals surface area contributed by atoms with Crippen LogP contribution in [0, 0.1) is 11.6 Å². The van der Waals surface area contributed by atoms with E-state index in [1.165, 1.54) is 6.07 Å². The fourth-order valence-electron chi connectivity index (χ4n) is 1.50. The quantitative estimate of drug-likeness (QED) is 0.912. The first-order valence-corrected chi connectivity index (χ1v) is 5.53. The minimum Gasteiger partial charge on any atom is -0.339 e. The lowest BCUT2D eigenvalue weighted by Gasteiger charge is -2.08. The molecule has 1 aromatic heterocycles. The predicted molar refractivity (Wildman–Crippen MR) is 60.8 cm³/mol. The standard InChI is InChI=1S/C12H13F2N3O/c1-6(2)12-16-11(17-18-12)10(15)8-4-3-7(13)5-9(8)14/h3-6,10H,15H2,1-2H3. The lowest BCUT2D eigenvalue weighted by molar-refractivity contribution is 0.359. The van der Waals surface area contributed by atoms with Gasteiger partial charge in [-0.3, -0.25) is 0 Å². The van der Waals surface area contributed by atoms with Crippen LogP contribution in [0.25, 0.3) is 0 Å². The molecule has 0 spiro atoms. The first-order chi connectivity index (χ1) is 8.49. The Morgan fingerprint density at radius 1 is 1.28 bits per heavy atom. The third-order valence-electron chi connectivity index (χ3n) is 2.53. The normalized spacial score (nSPS) is 13.0. The van der Waals surface area contributed by atoms with Crippen LogP contribution in [-0.2, 0) is 0 Å². The Bertz CT molecular complexity index is 554. The molecular weight excluding hydrogens is 240 g/mol. The van der Waals surface area contributed by atoms with Crippen LogP contribution >= 0.6 is 0 Å². The van der Waals surface area contributed by atoms with Crippen molar-refractivity contribution < 1.29 is 13.3 Å². The number of nitrogens with two attached hydrogens (primary N) is 1. The van der Waals surface area contributed by atoms with E-state index < -0.39 is 17.7 Å². The number of halogens is 2. The van der Waals surface area contributed by atoms with Gasteiger partial charge in [0, 0.05) is 17.5 Å². The summed E-state index contributed by atoms with van der Waals surface area (Å²) in [4.78, 5) is 4.09. The van der Waals surface area contributed by atoms with E-state index in [0.717, 1.165) is 12.1 Å². The molecule has 18 heavy (non-hydrogen) atoms. The summed E-state index contributed by atoms with van der Waals surface area (Å²) < 4.78 is 31.3. The number of hydrogen-bond donors (Lipinski definition) is 1. The van der Waals surface area contributed by atoms with Crippen molar-refractivity contribution in [2.45, 2.75) is 25.8 Å². The Balaban J connectivity index is 2.32. The highest BCUT2D eigenvalue weighted by Gasteiger charge is 2.20. The second-order valence-corrected chi connectivity index (χ2v) is 4.29. The molecule has 0 aliphatic heterocycles. The highest BCUT2D eigenvalue weighted by atomic mass is 19.1. The smallest absolute Gasteiger partial charge is 0.229 e. The molecule has 1 atom stereocenters. The summed E-state index contributed by atoms with van der Waals surface area (Å²) in [5, 5.41) is 3.71. The van der Waals surface area contributed by atoms with E-state index in [4.69, 9.17) is 10.3 Å². The summed E-state index contributed by atoms with van der Waals surface area (Å²) in [6.07, 6.45) is 0. The lowest BCUT2D eigenvalue weighted by atomic mass is 10.1. The third-order valence-corrected chi connectivity index (χ3v) is 2.53. The van der Waals surface area contributed by atoms with Gasteiger partial charge in [0.05, 0.1) is 6.04 Å². The van der Waals surface area contributed by atoms with Crippen molar-refractivity contribution in [1.29, 1.82) is 0 Å². The summed E-state index contributed by atoms with van der Waals surface area (Å²) in [7, 11) is 0. The molecule has 0 radical (unpaired) electrons. The molecule has 4 nitrogen and oxygen atoms in total. The first kappa shape index (κ1) is 12.6. The van der Waals surface area contributed by atoms with Gasteiger partial charge in [0.15, 0.2) is 5.82 Å². The Hall–Kier alpha value is -1.82. The van der Waals surface area contributed by atoms with Gasteiger partial charge in [-0.05, 0) is 6.07 Å². The van der Waals surface area contributed by atoms with Gasteiger partial charge in [-0.15, -0.1) is 0 Å². The maximum atomic E-state index is 13.5. The van der Waals surface area contributed by atoms with Crippen LogP contribution in [-0.4, -0.2) is 10.1 Å². The van der Waals surface area contributed by atoms with Crippen LogP contribution in [0.15, 0.2) is 22.7 Å². The van der Waals surface area contributed by atoms with Crippen molar-refractivity contribution >= 4 is 0 Å². The Morgan fingerprint density at radius 3 is 2.56 bits per heavy atom. The number of hydrogen-bond acceptors (Lipinski definition) is 4. The van der Waals surface area contributed by atoms with Gasteiger partial charge in [-0.25, -0.2) is 8.78 Å². The Kier molecular flexibility index (Phi) is 3.38.